The van der Waals surface area contributed by atoms with Crippen LogP contribution in [0.5, 0.6) is 5.75 Å². The third-order valence-electron chi connectivity index (χ3n) is 3.39. The minimum Gasteiger partial charge on any atom is -0.489 e. The maximum absolute atomic E-state index is 11.6. The number of carbonyl (C=O) groups excluding carboxylic acids is 1. The molecule has 6 heteroatoms. The smallest absolute Gasteiger partial charge is 0.348 e. The number of nitriles is 1. The highest BCUT2D eigenvalue weighted by Gasteiger charge is 2.09. The summed E-state index contributed by atoms with van der Waals surface area (Å²) < 4.78 is 10.4. The van der Waals surface area contributed by atoms with Crippen LogP contribution in [0.25, 0.3) is 6.08 Å². The van der Waals surface area contributed by atoms with Crippen molar-refractivity contribution in [3.8, 4) is 11.8 Å². The van der Waals surface area contributed by atoms with Gasteiger partial charge in [-0.05, 0) is 48.4 Å². The molecule has 132 valence electrons. The molecule has 0 aliphatic rings. The average Bonchev–Trinajstić information content (AvgIpc) is 2.65. The predicted molar refractivity (Wildman–Crippen MR) is 94.4 cm³/mol. The zero-order chi connectivity index (χ0) is 18.9. The van der Waals surface area contributed by atoms with Gasteiger partial charge in [-0.2, -0.15) is 5.26 Å². The molecule has 2 aromatic carbocycles. The normalized spacial score (nSPS) is 10.7. The van der Waals surface area contributed by atoms with E-state index in [0.29, 0.717) is 11.3 Å². The van der Waals surface area contributed by atoms with E-state index in [9.17, 15) is 9.59 Å². The van der Waals surface area contributed by atoms with Gasteiger partial charge in [0.25, 0.3) is 0 Å². The lowest BCUT2D eigenvalue weighted by molar-refractivity contribution is -0.137. The van der Waals surface area contributed by atoms with Gasteiger partial charge in [0.1, 0.15) is 24.0 Å². The fourth-order valence-electron chi connectivity index (χ4n) is 2.13. The van der Waals surface area contributed by atoms with Crippen molar-refractivity contribution in [3.63, 3.8) is 0 Å². The molecule has 0 unspecified atom stereocenters. The fourth-order valence-corrected chi connectivity index (χ4v) is 2.13. The molecule has 0 saturated heterocycles. The van der Waals surface area contributed by atoms with Crippen molar-refractivity contribution in [1.82, 2.24) is 0 Å². The summed E-state index contributed by atoms with van der Waals surface area (Å²) in [5.74, 6) is -1.07. The number of hydrogen-bond acceptors (Lipinski definition) is 5. The molecular formula is C20H17NO5. The van der Waals surface area contributed by atoms with Gasteiger partial charge < -0.3 is 14.6 Å². The van der Waals surface area contributed by atoms with Crippen LogP contribution in [-0.2, 0) is 16.1 Å². The Morgan fingerprint density at radius 2 is 1.92 bits per heavy atom. The first-order chi connectivity index (χ1) is 12.5. The molecule has 0 aliphatic heterocycles. The molecule has 0 atom stereocenters. The number of hydrogen-bond donors (Lipinski definition) is 1. The first-order valence-electron chi connectivity index (χ1n) is 7.87. The number of carboxylic acids is 1. The summed E-state index contributed by atoms with van der Waals surface area (Å²) in [4.78, 5) is 22.6. The van der Waals surface area contributed by atoms with Gasteiger partial charge in [-0.25, -0.2) is 9.59 Å². The lowest BCUT2D eigenvalue weighted by Gasteiger charge is -2.07. The van der Waals surface area contributed by atoms with E-state index in [1.54, 1.807) is 49.4 Å². The van der Waals surface area contributed by atoms with E-state index in [1.165, 1.54) is 12.1 Å². The van der Waals surface area contributed by atoms with Crippen molar-refractivity contribution in [2.45, 2.75) is 13.5 Å². The summed E-state index contributed by atoms with van der Waals surface area (Å²) >= 11 is 0. The van der Waals surface area contributed by atoms with Gasteiger partial charge in [-0.1, -0.05) is 24.3 Å². The first kappa shape index (κ1) is 18.7. The summed E-state index contributed by atoms with van der Waals surface area (Å²) in [7, 11) is 0. The number of aromatic carboxylic acids is 1. The molecule has 2 aromatic rings. The van der Waals surface area contributed by atoms with E-state index < -0.39 is 11.9 Å². The highest BCUT2D eigenvalue weighted by atomic mass is 16.5. The number of nitrogens with zero attached hydrogens (tertiary/aromatic N) is 1. The molecular weight excluding hydrogens is 334 g/mol. The number of carbonyl (C=O) groups is 2. The molecule has 0 fully saturated rings. The van der Waals surface area contributed by atoms with E-state index in [1.807, 2.05) is 6.07 Å². The van der Waals surface area contributed by atoms with Crippen LogP contribution >= 0.6 is 0 Å². The van der Waals surface area contributed by atoms with Crippen LogP contribution in [0.3, 0.4) is 0 Å². The molecule has 0 saturated carbocycles. The van der Waals surface area contributed by atoms with Gasteiger partial charge in [0, 0.05) is 0 Å². The minimum atomic E-state index is -0.988. The third-order valence-corrected chi connectivity index (χ3v) is 3.39. The Bertz CT molecular complexity index is 863. The second-order valence-electron chi connectivity index (χ2n) is 5.25. The molecule has 6 nitrogen and oxygen atoms in total. The van der Waals surface area contributed by atoms with Crippen molar-refractivity contribution < 1.29 is 24.2 Å². The van der Waals surface area contributed by atoms with Crippen molar-refractivity contribution >= 4 is 18.0 Å². The molecule has 0 spiro atoms. The first-order valence-corrected chi connectivity index (χ1v) is 7.87. The summed E-state index contributed by atoms with van der Waals surface area (Å²) in [5, 5.41) is 18.0. The average molecular weight is 351 g/mol. The predicted octanol–water partition coefficient (Wildman–Crippen LogP) is 3.43. The number of esters is 1. The van der Waals surface area contributed by atoms with Crippen LogP contribution < -0.4 is 4.74 Å². The highest BCUT2D eigenvalue weighted by Crippen LogP contribution is 2.17. The van der Waals surface area contributed by atoms with Gasteiger partial charge in [-0.3, -0.25) is 0 Å². The van der Waals surface area contributed by atoms with Crippen molar-refractivity contribution in [2.24, 2.45) is 0 Å². The van der Waals surface area contributed by atoms with Crippen LogP contribution in [0.1, 0.15) is 28.4 Å². The molecule has 1 N–H and O–H groups in total. The number of rotatable bonds is 7. The lowest BCUT2D eigenvalue weighted by atomic mass is 10.1. The highest BCUT2D eigenvalue weighted by molar-refractivity contribution is 5.97. The summed E-state index contributed by atoms with van der Waals surface area (Å²) in [6, 6.07) is 15.1. The van der Waals surface area contributed by atoms with Gasteiger partial charge in [0.15, 0.2) is 0 Å². The molecule has 0 bridgehead atoms. The second-order valence-corrected chi connectivity index (χ2v) is 5.25. The van der Waals surface area contributed by atoms with Crippen LogP contribution in [0.2, 0.25) is 0 Å². The second kappa shape index (κ2) is 9.04. The van der Waals surface area contributed by atoms with Crippen LogP contribution in [0, 0.1) is 11.3 Å². The van der Waals surface area contributed by atoms with E-state index in [4.69, 9.17) is 19.8 Å². The van der Waals surface area contributed by atoms with Crippen molar-refractivity contribution in [3.05, 3.63) is 70.8 Å². The topological polar surface area (TPSA) is 96.6 Å². The Labute approximate surface area is 150 Å². The fraction of sp³-hybridized carbons (Fsp3) is 0.150. The van der Waals surface area contributed by atoms with Crippen LogP contribution in [0.15, 0.2) is 54.1 Å². The largest absolute Gasteiger partial charge is 0.489 e. The van der Waals surface area contributed by atoms with Gasteiger partial charge in [-0.15, -0.1) is 0 Å². The minimum absolute atomic E-state index is 0.0778. The van der Waals surface area contributed by atoms with E-state index in [2.05, 4.69) is 0 Å². The molecule has 0 radical (unpaired) electrons. The Kier molecular flexibility index (Phi) is 6.52. The summed E-state index contributed by atoms with van der Waals surface area (Å²) in [5.41, 5.74) is 1.53. The van der Waals surface area contributed by atoms with E-state index >= 15 is 0 Å². The monoisotopic (exact) mass is 351 g/mol. The van der Waals surface area contributed by atoms with Gasteiger partial charge in [0.2, 0.25) is 0 Å². The Morgan fingerprint density at radius 3 is 2.54 bits per heavy atom. The standard InChI is InChI=1S/C20H17NO5/c1-2-25-20(24)17(12-21)10-14-6-8-18(9-7-14)26-13-15-4-3-5-16(11-15)19(22)23/h3-11H,2,13H2,1H3,(H,22,23). The van der Waals surface area contributed by atoms with Gasteiger partial charge in [0.05, 0.1) is 12.2 Å². The van der Waals surface area contributed by atoms with Crippen molar-refractivity contribution in [1.29, 1.82) is 5.26 Å². The SMILES string of the molecule is CCOC(=O)C(C#N)=Cc1ccc(OCc2cccc(C(=O)O)c2)cc1. The van der Waals surface area contributed by atoms with E-state index in [-0.39, 0.29) is 24.4 Å². The molecule has 26 heavy (non-hydrogen) atoms. The molecule has 0 heterocycles. The summed E-state index contributed by atoms with van der Waals surface area (Å²) in [6.45, 7) is 2.10. The van der Waals surface area contributed by atoms with Crippen LogP contribution in [-0.4, -0.2) is 23.7 Å². The zero-order valence-electron chi connectivity index (χ0n) is 14.1. The lowest BCUT2D eigenvalue weighted by Crippen LogP contribution is -2.05. The zero-order valence-corrected chi connectivity index (χ0v) is 14.1. The van der Waals surface area contributed by atoms with Crippen molar-refractivity contribution in [2.75, 3.05) is 6.61 Å². The quantitative estimate of drug-likeness (QED) is 0.466. The maximum Gasteiger partial charge on any atom is 0.348 e. The van der Waals surface area contributed by atoms with Crippen LogP contribution in [0.4, 0.5) is 0 Å². The number of benzene rings is 2. The Morgan fingerprint density at radius 1 is 1.19 bits per heavy atom. The van der Waals surface area contributed by atoms with Gasteiger partial charge >= 0.3 is 11.9 Å². The molecule has 0 amide bonds. The molecule has 0 aliphatic carbocycles. The molecule has 2 rings (SSSR count). The molecule has 0 aromatic heterocycles. The number of ether oxygens (including phenoxy) is 2. The Balaban J connectivity index is 2.03. The Hall–Kier alpha value is -3.59. The van der Waals surface area contributed by atoms with E-state index in [0.717, 1.165) is 5.56 Å². The summed E-state index contributed by atoms with van der Waals surface area (Å²) in [6.07, 6.45) is 1.44. The third kappa shape index (κ3) is 5.21. The maximum atomic E-state index is 11.6. The number of carboxylic acid groups (broad SMARTS) is 1.